The molecule has 28 heavy (non-hydrogen) atoms. The van der Waals surface area contributed by atoms with Gasteiger partial charge in [-0.3, -0.25) is 9.59 Å². The molecule has 2 aromatic rings. The number of hydrogen-bond acceptors (Lipinski definition) is 4. The predicted octanol–water partition coefficient (Wildman–Crippen LogP) is 2.95. The van der Waals surface area contributed by atoms with Gasteiger partial charge in [-0.15, -0.1) is 12.4 Å². The molecular weight excluding hydrogens is 399 g/mol. The standard InChI is InChI=1S/C20H23ClN4O2.ClH/c1-13-16(7-8-17(23-13)20(27)24(2)3)19(26)25-10-9-22-12-18(25)14-5-4-6-15(21)11-14;/h4-8,11,18,22H,9-10,12H2,1-3H3;1H. The zero-order valence-electron chi connectivity index (χ0n) is 16.1. The average Bonchev–Trinajstić information content (AvgIpc) is 2.66. The molecule has 1 saturated heterocycles. The number of nitrogens with zero attached hydrogens (tertiary/aromatic N) is 3. The summed E-state index contributed by atoms with van der Waals surface area (Å²) in [5, 5.41) is 3.99. The van der Waals surface area contributed by atoms with E-state index in [1.54, 1.807) is 33.2 Å². The number of amides is 2. The van der Waals surface area contributed by atoms with Crippen molar-refractivity contribution < 1.29 is 9.59 Å². The molecule has 0 aliphatic carbocycles. The first-order chi connectivity index (χ1) is 12.9. The van der Waals surface area contributed by atoms with Crippen molar-refractivity contribution in [3.8, 4) is 0 Å². The van der Waals surface area contributed by atoms with Gasteiger partial charge in [-0.25, -0.2) is 4.98 Å². The van der Waals surface area contributed by atoms with Crippen molar-refractivity contribution in [2.45, 2.75) is 13.0 Å². The summed E-state index contributed by atoms with van der Waals surface area (Å²) in [6, 6.07) is 10.8. The van der Waals surface area contributed by atoms with Gasteiger partial charge in [0.05, 0.1) is 17.3 Å². The van der Waals surface area contributed by atoms with Gasteiger partial charge in [0.2, 0.25) is 0 Å². The first-order valence-corrected chi connectivity index (χ1v) is 9.22. The van der Waals surface area contributed by atoms with Gasteiger partial charge >= 0.3 is 0 Å². The molecule has 2 amide bonds. The summed E-state index contributed by atoms with van der Waals surface area (Å²) in [7, 11) is 3.35. The minimum Gasteiger partial charge on any atom is -0.343 e. The Morgan fingerprint density at radius 1 is 1.25 bits per heavy atom. The first kappa shape index (κ1) is 22.1. The Hall–Kier alpha value is -2.15. The Labute approximate surface area is 176 Å². The lowest BCUT2D eigenvalue weighted by molar-refractivity contribution is 0.0632. The van der Waals surface area contributed by atoms with Crippen LogP contribution >= 0.6 is 24.0 Å². The minimum atomic E-state index is -0.184. The Morgan fingerprint density at radius 2 is 2.00 bits per heavy atom. The van der Waals surface area contributed by atoms with Crippen LogP contribution in [0.25, 0.3) is 0 Å². The number of pyridine rings is 1. The van der Waals surface area contributed by atoms with Gasteiger partial charge in [0, 0.05) is 38.8 Å². The predicted molar refractivity (Wildman–Crippen MR) is 112 cm³/mol. The van der Waals surface area contributed by atoms with Gasteiger partial charge in [-0.2, -0.15) is 0 Å². The van der Waals surface area contributed by atoms with Crippen LogP contribution in [-0.4, -0.2) is 60.3 Å². The van der Waals surface area contributed by atoms with E-state index in [1.165, 1.54) is 4.90 Å². The zero-order chi connectivity index (χ0) is 19.6. The van der Waals surface area contributed by atoms with E-state index in [2.05, 4.69) is 10.3 Å². The van der Waals surface area contributed by atoms with Gasteiger partial charge in [-0.1, -0.05) is 23.7 Å². The third-order valence-electron chi connectivity index (χ3n) is 4.68. The second-order valence-corrected chi connectivity index (χ2v) is 7.24. The number of carbonyl (C=O) groups is 2. The highest BCUT2D eigenvalue weighted by Gasteiger charge is 2.30. The number of aryl methyl sites for hydroxylation is 1. The van der Waals surface area contributed by atoms with Crippen molar-refractivity contribution in [2.24, 2.45) is 0 Å². The van der Waals surface area contributed by atoms with Gasteiger partial charge in [-0.05, 0) is 36.8 Å². The second-order valence-electron chi connectivity index (χ2n) is 6.80. The number of piperazine rings is 1. The monoisotopic (exact) mass is 422 g/mol. The van der Waals surface area contributed by atoms with Gasteiger partial charge < -0.3 is 15.1 Å². The van der Waals surface area contributed by atoms with E-state index in [9.17, 15) is 9.59 Å². The van der Waals surface area contributed by atoms with E-state index in [0.717, 1.165) is 12.1 Å². The van der Waals surface area contributed by atoms with Crippen molar-refractivity contribution in [2.75, 3.05) is 33.7 Å². The Bertz CT molecular complexity index is 873. The summed E-state index contributed by atoms with van der Waals surface area (Å²) in [6.45, 7) is 3.74. The lowest BCUT2D eigenvalue weighted by Gasteiger charge is -2.37. The molecule has 150 valence electrons. The third kappa shape index (κ3) is 4.63. The summed E-state index contributed by atoms with van der Waals surface area (Å²) in [4.78, 5) is 33.0. The third-order valence-corrected chi connectivity index (χ3v) is 4.91. The summed E-state index contributed by atoms with van der Waals surface area (Å²) < 4.78 is 0. The smallest absolute Gasteiger partial charge is 0.271 e. The molecule has 0 bridgehead atoms. The molecule has 0 saturated carbocycles. The molecule has 1 fully saturated rings. The maximum absolute atomic E-state index is 13.2. The molecule has 1 aliphatic rings. The van der Waals surface area contributed by atoms with E-state index in [0.29, 0.717) is 35.1 Å². The average molecular weight is 423 g/mol. The molecular formula is C20H24Cl2N4O2. The van der Waals surface area contributed by atoms with E-state index >= 15 is 0 Å². The van der Waals surface area contributed by atoms with Crippen molar-refractivity contribution in [1.29, 1.82) is 0 Å². The molecule has 1 aromatic carbocycles. The number of hydrogen-bond donors (Lipinski definition) is 1. The Balaban J connectivity index is 0.00000280. The zero-order valence-corrected chi connectivity index (χ0v) is 17.7. The molecule has 0 spiro atoms. The fourth-order valence-electron chi connectivity index (χ4n) is 3.25. The van der Waals surface area contributed by atoms with E-state index in [1.807, 2.05) is 29.2 Å². The van der Waals surface area contributed by atoms with Crippen LogP contribution in [0, 0.1) is 6.92 Å². The van der Waals surface area contributed by atoms with Gasteiger partial charge in [0.1, 0.15) is 5.69 Å². The van der Waals surface area contributed by atoms with Crippen LogP contribution in [-0.2, 0) is 0 Å². The van der Waals surface area contributed by atoms with Crippen molar-refractivity contribution in [3.63, 3.8) is 0 Å². The maximum atomic E-state index is 13.2. The second kappa shape index (κ2) is 9.37. The van der Waals surface area contributed by atoms with Gasteiger partial charge in [0.25, 0.3) is 11.8 Å². The molecule has 8 heteroatoms. The molecule has 0 radical (unpaired) electrons. The topological polar surface area (TPSA) is 65.5 Å². The molecule has 2 heterocycles. The molecule has 6 nitrogen and oxygen atoms in total. The highest BCUT2D eigenvalue weighted by atomic mass is 35.5. The van der Waals surface area contributed by atoms with Crippen molar-refractivity contribution >= 4 is 35.8 Å². The highest BCUT2D eigenvalue weighted by molar-refractivity contribution is 6.30. The Morgan fingerprint density at radius 3 is 2.64 bits per heavy atom. The molecule has 1 atom stereocenters. The van der Waals surface area contributed by atoms with E-state index in [4.69, 9.17) is 11.6 Å². The van der Waals surface area contributed by atoms with Crippen LogP contribution in [0.2, 0.25) is 5.02 Å². The normalized spacial score (nSPS) is 16.3. The van der Waals surface area contributed by atoms with Crippen LogP contribution in [0.15, 0.2) is 36.4 Å². The van der Waals surface area contributed by atoms with Crippen LogP contribution in [0.3, 0.4) is 0 Å². The van der Waals surface area contributed by atoms with Crippen molar-refractivity contribution in [3.05, 3.63) is 63.9 Å². The number of nitrogens with one attached hydrogen (secondary N) is 1. The first-order valence-electron chi connectivity index (χ1n) is 8.85. The highest BCUT2D eigenvalue weighted by Crippen LogP contribution is 2.26. The number of halogens is 2. The summed E-state index contributed by atoms with van der Waals surface area (Å²) >= 11 is 6.14. The number of carbonyl (C=O) groups excluding carboxylic acids is 2. The fraction of sp³-hybridized carbons (Fsp3) is 0.350. The maximum Gasteiger partial charge on any atom is 0.271 e. The quantitative estimate of drug-likeness (QED) is 0.825. The minimum absolute atomic E-state index is 0. The lowest BCUT2D eigenvalue weighted by Crippen LogP contribution is -2.48. The summed E-state index contributed by atoms with van der Waals surface area (Å²) in [6.07, 6.45) is 0. The van der Waals surface area contributed by atoms with Gasteiger partial charge in [0.15, 0.2) is 0 Å². The number of rotatable bonds is 3. The fourth-order valence-corrected chi connectivity index (χ4v) is 3.45. The molecule has 1 unspecified atom stereocenters. The number of aromatic nitrogens is 1. The van der Waals surface area contributed by atoms with Crippen LogP contribution in [0.4, 0.5) is 0 Å². The van der Waals surface area contributed by atoms with Crippen LogP contribution in [0.5, 0.6) is 0 Å². The molecule has 1 aromatic heterocycles. The van der Waals surface area contributed by atoms with Crippen LogP contribution < -0.4 is 5.32 Å². The van der Waals surface area contributed by atoms with E-state index in [-0.39, 0.29) is 30.3 Å². The molecule has 3 rings (SSSR count). The molecule has 1 aliphatic heterocycles. The van der Waals surface area contributed by atoms with Crippen LogP contribution in [0.1, 0.15) is 38.1 Å². The van der Waals surface area contributed by atoms with Crippen molar-refractivity contribution in [1.82, 2.24) is 20.1 Å². The summed E-state index contributed by atoms with van der Waals surface area (Å²) in [5.41, 5.74) is 2.39. The van der Waals surface area contributed by atoms with E-state index < -0.39 is 0 Å². The SMILES string of the molecule is Cc1nc(C(=O)N(C)C)ccc1C(=O)N1CCNCC1c1cccc(Cl)c1.Cl. The largest absolute Gasteiger partial charge is 0.343 e. The molecule has 1 N–H and O–H groups in total. The Kier molecular flexibility index (Phi) is 7.41. The lowest BCUT2D eigenvalue weighted by atomic mass is 10.0. The number of benzene rings is 1. The summed E-state index contributed by atoms with van der Waals surface area (Å²) in [5.74, 6) is -0.272.